The molecule has 2 aromatic heterocycles. The number of unbranched alkanes of at least 4 members (excludes halogenated alkanes) is 1. The molecule has 2 N–H and O–H groups in total. The summed E-state index contributed by atoms with van der Waals surface area (Å²) in [6.45, 7) is 2.37. The lowest BCUT2D eigenvalue weighted by Crippen LogP contribution is -2.23. The lowest BCUT2D eigenvalue weighted by molar-refractivity contribution is 0.581. The van der Waals surface area contributed by atoms with Crippen LogP contribution in [0.2, 0.25) is 0 Å². The van der Waals surface area contributed by atoms with E-state index in [2.05, 4.69) is 21.6 Å². The van der Waals surface area contributed by atoms with Gasteiger partial charge in [-0.2, -0.15) is 0 Å². The first-order valence-corrected chi connectivity index (χ1v) is 9.58. The van der Waals surface area contributed by atoms with Crippen LogP contribution in [-0.2, 0) is 23.0 Å². The zero-order chi connectivity index (χ0) is 17.0. The fourth-order valence-electron chi connectivity index (χ4n) is 2.63. The number of nitrogens with one attached hydrogen (secondary N) is 2. The Balaban J connectivity index is 1.71. The summed E-state index contributed by atoms with van der Waals surface area (Å²) >= 11 is 0. The molecule has 126 valence electrons. The molecule has 3 aromatic rings. The molecule has 0 unspecified atom stereocenters. The molecule has 5 nitrogen and oxygen atoms in total. The van der Waals surface area contributed by atoms with E-state index in [0.29, 0.717) is 4.90 Å². The van der Waals surface area contributed by atoms with E-state index >= 15 is 0 Å². The molecule has 1 aromatic carbocycles. The normalized spacial score (nSPS) is 11.9. The van der Waals surface area contributed by atoms with Gasteiger partial charge in [0.15, 0.2) is 0 Å². The first-order valence-electron chi connectivity index (χ1n) is 8.10. The van der Waals surface area contributed by atoms with Gasteiger partial charge in [0.1, 0.15) is 5.65 Å². The highest BCUT2D eigenvalue weighted by molar-refractivity contribution is 7.89. The summed E-state index contributed by atoms with van der Waals surface area (Å²) in [6, 6.07) is 10.9. The number of nitrogens with zero attached hydrogens (tertiary/aromatic N) is 1. The van der Waals surface area contributed by atoms with E-state index < -0.39 is 10.0 Å². The van der Waals surface area contributed by atoms with Gasteiger partial charge in [-0.25, -0.2) is 18.1 Å². The number of aromatic amines is 1. The van der Waals surface area contributed by atoms with Gasteiger partial charge in [0.05, 0.1) is 4.90 Å². The lowest BCUT2D eigenvalue weighted by Gasteiger charge is -2.07. The highest BCUT2D eigenvalue weighted by Crippen LogP contribution is 2.17. The van der Waals surface area contributed by atoms with Crippen molar-refractivity contribution in [2.24, 2.45) is 0 Å². The van der Waals surface area contributed by atoms with E-state index in [1.807, 2.05) is 24.3 Å². The van der Waals surface area contributed by atoms with Gasteiger partial charge in [0.2, 0.25) is 10.0 Å². The molecule has 3 rings (SSSR count). The van der Waals surface area contributed by atoms with Crippen LogP contribution >= 0.6 is 0 Å². The summed E-state index contributed by atoms with van der Waals surface area (Å²) in [6.07, 6.45) is 6.70. The Hall–Kier alpha value is -2.18. The predicted octanol–water partition coefficient (Wildman–Crippen LogP) is 3.38. The van der Waals surface area contributed by atoms with Gasteiger partial charge >= 0.3 is 0 Å². The zero-order valence-electron chi connectivity index (χ0n) is 13.6. The van der Waals surface area contributed by atoms with Crippen LogP contribution in [0.3, 0.4) is 0 Å². The van der Waals surface area contributed by atoms with Crippen LogP contribution in [0, 0.1) is 0 Å². The predicted molar refractivity (Wildman–Crippen MR) is 95.2 cm³/mol. The Morgan fingerprint density at radius 2 is 1.96 bits per heavy atom. The topological polar surface area (TPSA) is 74.8 Å². The number of aromatic nitrogens is 2. The molecular weight excluding hydrogens is 322 g/mol. The molecule has 0 aliphatic carbocycles. The Labute approximate surface area is 142 Å². The number of pyridine rings is 1. The first kappa shape index (κ1) is 16.7. The minimum atomic E-state index is -3.53. The second-order valence-corrected chi connectivity index (χ2v) is 7.55. The summed E-state index contributed by atoms with van der Waals surface area (Å²) in [5.41, 5.74) is 2.80. The molecule has 0 saturated carbocycles. The molecule has 24 heavy (non-hydrogen) atoms. The highest BCUT2D eigenvalue weighted by Gasteiger charge is 2.14. The zero-order valence-corrected chi connectivity index (χ0v) is 14.4. The van der Waals surface area contributed by atoms with Gasteiger partial charge < -0.3 is 4.98 Å². The minimum Gasteiger partial charge on any atom is -0.346 e. The SMILES string of the molecule is CCCCc1ccc(S(=O)(=O)NCc2c[nH]c3ncccc23)cc1. The Kier molecular flexibility index (Phi) is 4.97. The first-order chi connectivity index (χ1) is 11.6. The number of H-pyrrole nitrogens is 1. The van der Waals surface area contributed by atoms with Crippen molar-refractivity contribution in [2.75, 3.05) is 0 Å². The number of benzene rings is 1. The number of hydrogen-bond acceptors (Lipinski definition) is 3. The van der Waals surface area contributed by atoms with E-state index in [0.717, 1.165) is 35.9 Å². The van der Waals surface area contributed by atoms with E-state index in [1.165, 1.54) is 5.56 Å². The molecule has 0 bridgehead atoms. The van der Waals surface area contributed by atoms with E-state index in [4.69, 9.17) is 0 Å². The maximum absolute atomic E-state index is 12.5. The maximum atomic E-state index is 12.5. The second-order valence-electron chi connectivity index (χ2n) is 5.79. The van der Waals surface area contributed by atoms with E-state index in [1.54, 1.807) is 24.5 Å². The molecule has 0 amide bonds. The quantitative estimate of drug-likeness (QED) is 0.690. The second kappa shape index (κ2) is 7.15. The summed E-state index contributed by atoms with van der Waals surface area (Å²) in [7, 11) is -3.53. The van der Waals surface area contributed by atoms with Crippen molar-refractivity contribution in [1.82, 2.24) is 14.7 Å². The molecular formula is C18H21N3O2S. The van der Waals surface area contributed by atoms with Crippen molar-refractivity contribution < 1.29 is 8.42 Å². The standard InChI is InChI=1S/C18H21N3O2S/c1-2-3-5-14-7-9-16(10-8-14)24(22,23)21-13-15-12-20-18-17(15)6-4-11-19-18/h4,6-12,21H,2-3,5,13H2,1H3,(H,19,20). The van der Waals surface area contributed by atoms with Gasteiger partial charge in [-0.1, -0.05) is 25.5 Å². The van der Waals surface area contributed by atoms with Crippen LogP contribution in [0.25, 0.3) is 11.0 Å². The molecule has 0 spiro atoms. The number of hydrogen-bond donors (Lipinski definition) is 2. The summed E-state index contributed by atoms with van der Waals surface area (Å²) in [5, 5.41) is 0.926. The minimum absolute atomic E-state index is 0.228. The number of sulfonamides is 1. The average molecular weight is 343 g/mol. The van der Waals surface area contributed by atoms with Gasteiger partial charge in [-0.05, 0) is 48.2 Å². The third-order valence-corrected chi connectivity index (χ3v) is 5.46. The molecule has 0 saturated heterocycles. The maximum Gasteiger partial charge on any atom is 0.240 e. The third kappa shape index (κ3) is 3.66. The van der Waals surface area contributed by atoms with Crippen molar-refractivity contribution in [3.8, 4) is 0 Å². The number of rotatable bonds is 7. The van der Waals surface area contributed by atoms with Crippen LogP contribution in [0.5, 0.6) is 0 Å². The average Bonchev–Trinajstić information content (AvgIpc) is 3.02. The van der Waals surface area contributed by atoms with E-state index in [9.17, 15) is 8.42 Å². The van der Waals surface area contributed by atoms with Crippen molar-refractivity contribution >= 4 is 21.1 Å². The monoisotopic (exact) mass is 343 g/mol. The van der Waals surface area contributed by atoms with Gasteiger partial charge in [0.25, 0.3) is 0 Å². The Morgan fingerprint density at radius 1 is 1.17 bits per heavy atom. The highest BCUT2D eigenvalue weighted by atomic mass is 32.2. The molecule has 0 fully saturated rings. The molecule has 0 atom stereocenters. The van der Waals surface area contributed by atoms with Gasteiger partial charge in [0, 0.05) is 24.3 Å². The number of aryl methyl sites for hydroxylation is 1. The van der Waals surface area contributed by atoms with Crippen molar-refractivity contribution in [2.45, 2.75) is 37.6 Å². The summed E-state index contributed by atoms with van der Waals surface area (Å²) in [5.74, 6) is 0. The fraction of sp³-hybridized carbons (Fsp3) is 0.278. The molecule has 2 heterocycles. The largest absolute Gasteiger partial charge is 0.346 e. The lowest BCUT2D eigenvalue weighted by atomic mass is 10.1. The molecule has 0 radical (unpaired) electrons. The van der Waals surface area contributed by atoms with Crippen LogP contribution in [0.4, 0.5) is 0 Å². The molecule has 0 aliphatic rings. The van der Waals surface area contributed by atoms with Crippen molar-refractivity contribution in [3.05, 3.63) is 59.9 Å². The van der Waals surface area contributed by atoms with Gasteiger partial charge in [-0.15, -0.1) is 0 Å². The Bertz CT molecular complexity index is 915. The van der Waals surface area contributed by atoms with Crippen LogP contribution < -0.4 is 4.72 Å². The summed E-state index contributed by atoms with van der Waals surface area (Å²) < 4.78 is 27.6. The van der Waals surface area contributed by atoms with Crippen LogP contribution in [0.1, 0.15) is 30.9 Å². The van der Waals surface area contributed by atoms with E-state index in [-0.39, 0.29) is 6.54 Å². The van der Waals surface area contributed by atoms with Crippen molar-refractivity contribution in [3.63, 3.8) is 0 Å². The van der Waals surface area contributed by atoms with Crippen LogP contribution in [-0.4, -0.2) is 18.4 Å². The summed E-state index contributed by atoms with van der Waals surface area (Å²) in [4.78, 5) is 7.54. The van der Waals surface area contributed by atoms with Crippen molar-refractivity contribution in [1.29, 1.82) is 0 Å². The molecule has 6 heteroatoms. The fourth-order valence-corrected chi connectivity index (χ4v) is 3.64. The molecule has 0 aliphatic heterocycles. The Morgan fingerprint density at radius 3 is 2.71 bits per heavy atom. The smallest absolute Gasteiger partial charge is 0.240 e. The van der Waals surface area contributed by atoms with Gasteiger partial charge in [-0.3, -0.25) is 0 Å². The third-order valence-electron chi connectivity index (χ3n) is 4.04. The van der Waals surface area contributed by atoms with Crippen LogP contribution in [0.15, 0.2) is 53.7 Å². The number of fused-ring (bicyclic) bond motifs is 1.